The highest BCUT2D eigenvalue weighted by molar-refractivity contribution is 7.88. The molecule has 3 heterocycles. The minimum Gasteiger partial charge on any atom is -0.475 e. The minimum absolute atomic E-state index is 0.343. The predicted molar refractivity (Wildman–Crippen MR) is 108 cm³/mol. The van der Waals surface area contributed by atoms with Gasteiger partial charge >= 0.3 is 24.3 Å². The maximum atomic E-state index is 11.6. The molecule has 2 aliphatic rings. The molecule has 1 aromatic heterocycles. The summed E-state index contributed by atoms with van der Waals surface area (Å²) in [5, 5.41) is 17.7. The molecule has 1 fully saturated rings. The Kier molecular flexibility index (Phi) is 10.4. The molecule has 1 atom stereocenters. The molecule has 200 valence electrons. The maximum Gasteiger partial charge on any atom is 0.490 e. The van der Waals surface area contributed by atoms with Gasteiger partial charge < -0.3 is 15.5 Å². The van der Waals surface area contributed by atoms with E-state index in [0.717, 1.165) is 37.2 Å². The zero-order valence-corrected chi connectivity index (χ0v) is 19.3. The second kappa shape index (κ2) is 11.9. The summed E-state index contributed by atoms with van der Waals surface area (Å²) < 4.78 is 88.2. The van der Waals surface area contributed by atoms with E-state index in [1.165, 1.54) is 11.8 Å². The van der Waals surface area contributed by atoms with Gasteiger partial charge in [0.05, 0.1) is 17.6 Å². The first kappa shape index (κ1) is 30.5. The Hall–Kier alpha value is -2.53. The van der Waals surface area contributed by atoms with Crippen molar-refractivity contribution < 1.29 is 54.6 Å². The van der Waals surface area contributed by atoms with Crippen molar-refractivity contribution in [3.8, 4) is 0 Å². The largest absolute Gasteiger partial charge is 0.490 e. The fraction of sp³-hybridized carbons (Fsp3) is 0.667. The van der Waals surface area contributed by atoms with Gasteiger partial charge in [-0.25, -0.2) is 32.3 Å². The lowest BCUT2D eigenvalue weighted by atomic mass is 9.88. The fourth-order valence-electron chi connectivity index (χ4n) is 3.28. The number of rotatable bonds is 2. The Bertz CT molecular complexity index is 970. The van der Waals surface area contributed by atoms with E-state index in [1.807, 2.05) is 0 Å². The lowest BCUT2D eigenvalue weighted by Crippen LogP contribution is -2.38. The Morgan fingerprint density at radius 1 is 1.03 bits per heavy atom. The predicted octanol–water partition coefficient (Wildman–Crippen LogP) is 1.92. The molecule has 3 rings (SSSR count). The van der Waals surface area contributed by atoms with Gasteiger partial charge in [0.25, 0.3) is 0 Å². The number of piperidine rings is 1. The van der Waals surface area contributed by atoms with E-state index in [1.54, 1.807) is 10.6 Å². The molecule has 0 amide bonds. The molecular weight excluding hydrogens is 514 g/mol. The van der Waals surface area contributed by atoms with Crippen LogP contribution in [0.4, 0.5) is 26.3 Å². The second-order valence-corrected chi connectivity index (χ2v) is 9.69. The van der Waals surface area contributed by atoms with Gasteiger partial charge in [-0.05, 0) is 19.8 Å². The van der Waals surface area contributed by atoms with Crippen LogP contribution < -0.4 is 5.32 Å². The number of carboxylic acids is 2. The SMILES string of the molecule is CC1Cc2ncnc(C3CCN(S(C)(=O)=O)CC3)c2CN1.O=C(O)C(F)(F)F.O=C(O)C(F)(F)F. The van der Waals surface area contributed by atoms with Gasteiger partial charge in [-0.1, -0.05) is 0 Å². The van der Waals surface area contributed by atoms with Crippen molar-refractivity contribution in [2.24, 2.45) is 0 Å². The number of aromatic nitrogens is 2. The van der Waals surface area contributed by atoms with Gasteiger partial charge in [0.15, 0.2) is 0 Å². The molecule has 17 heteroatoms. The zero-order valence-electron chi connectivity index (χ0n) is 18.5. The van der Waals surface area contributed by atoms with Crippen LogP contribution >= 0.6 is 0 Å². The Labute approximate surface area is 196 Å². The van der Waals surface area contributed by atoms with Crippen LogP contribution in [0.5, 0.6) is 0 Å². The highest BCUT2D eigenvalue weighted by atomic mass is 32.2. The zero-order chi connectivity index (χ0) is 27.2. The summed E-state index contributed by atoms with van der Waals surface area (Å²) in [6.07, 6.45) is -4.61. The Morgan fingerprint density at radius 3 is 1.89 bits per heavy atom. The summed E-state index contributed by atoms with van der Waals surface area (Å²) in [4.78, 5) is 26.7. The number of alkyl halides is 6. The quantitative estimate of drug-likeness (QED) is 0.480. The molecule has 2 aliphatic heterocycles. The molecule has 0 spiro atoms. The van der Waals surface area contributed by atoms with Crippen LogP contribution in [-0.4, -0.2) is 82.6 Å². The van der Waals surface area contributed by atoms with Gasteiger partial charge in [-0.3, -0.25) is 0 Å². The van der Waals surface area contributed by atoms with Crippen LogP contribution in [0.1, 0.15) is 42.6 Å². The second-order valence-electron chi connectivity index (χ2n) is 7.71. The Balaban J connectivity index is 0.000000362. The lowest BCUT2D eigenvalue weighted by molar-refractivity contribution is -0.193. The van der Waals surface area contributed by atoms with E-state index in [0.29, 0.717) is 25.0 Å². The summed E-state index contributed by atoms with van der Waals surface area (Å²) in [5.74, 6) is -5.17. The molecule has 1 aromatic rings. The van der Waals surface area contributed by atoms with E-state index >= 15 is 0 Å². The maximum absolute atomic E-state index is 11.6. The lowest BCUT2D eigenvalue weighted by Gasteiger charge is -2.32. The molecule has 0 radical (unpaired) electrons. The summed E-state index contributed by atoms with van der Waals surface area (Å²) in [6, 6.07) is 0.451. The van der Waals surface area contributed by atoms with Crippen LogP contribution in [0, 0.1) is 0 Å². The average molecular weight is 538 g/mol. The highest BCUT2D eigenvalue weighted by Crippen LogP contribution is 2.31. The summed E-state index contributed by atoms with van der Waals surface area (Å²) in [7, 11) is -3.07. The number of hydrogen-bond acceptors (Lipinski definition) is 7. The number of halogens is 6. The van der Waals surface area contributed by atoms with E-state index in [4.69, 9.17) is 19.8 Å². The number of carbonyl (C=O) groups is 2. The van der Waals surface area contributed by atoms with Crippen molar-refractivity contribution in [2.75, 3.05) is 19.3 Å². The van der Waals surface area contributed by atoms with Crippen molar-refractivity contribution in [3.63, 3.8) is 0 Å². The fourth-order valence-corrected chi connectivity index (χ4v) is 4.16. The number of nitrogens with zero attached hydrogens (tertiary/aromatic N) is 3. The Morgan fingerprint density at radius 2 is 1.49 bits per heavy atom. The summed E-state index contributed by atoms with van der Waals surface area (Å²) >= 11 is 0. The van der Waals surface area contributed by atoms with Crippen LogP contribution in [-0.2, 0) is 32.6 Å². The van der Waals surface area contributed by atoms with Gasteiger partial charge in [0.2, 0.25) is 10.0 Å². The molecule has 0 aromatic carbocycles. The minimum atomic E-state index is -5.08. The van der Waals surface area contributed by atoms with Gasteiger partial charge in [0.1, 0.15) is 6.33 Å². The van der Waals surface area contributed by atoms with Crippen molar-refractivity contribution in [1.29, 1.82) is 0 Å². The topological polar surface area (TPSA) is 150 Å². The number of carboxylic acid groups (broad SMARTS) is 2. The van der Waals surface area contributed by atoms with E-state index in [2.05, 4.69) is 22.2 Å². The first-order valence-corrected chi connectivity index (χ1v) is 11.8. The van der Waals surface area contributed by atoms with E-state index in [-0.39, 0.29) is 0 Å². The number of aliphatic carboxylic acids is 2. The molecule has 1 unspecified atom stereocenters. The average Bonchev–Trinajstić information content (AvgIpc) is 2.72. The van der Waals surface area contributed by atoms with Crippen molar-refractivity contribution in [3.05, 3.63) is 23.3 Å². The third kappa shape index (κ3) is 9.93. The molecular formula is C18H24F6N4O6S. The molecule has 1 saturated heterocycles. The molecule has 35 heavy (non-hydrogen) atoms. The number of sulfonamides is 1. The standard InChI is InChI=1S/C14H22N4O2S.2C2HF3O2/c1-10-7-13-12(8-15-10)14(17-9-16-13)11-3-5-18(6-4-11)21(2,19)20;2*3-2(4,5)1(6)7/h9-11,15H,3-8H2,1-2H3;2*(H,6,7). The van der Waals surface area contributed by atoms with E-state index < -0.39 is 34.3 Å². The van der Waals surface area contributed by atoms with Gasteiger partial charge in [0, 0.05) is 43.6 Å². The first-order valence-electron chi connectivity index (χ1n) is 9.95. The highest BCUT2D eigenvalue weighted by Gasteiger charge is 2.39. The van der Waals surface area contributed by atoms with Crippen LogP contribution in [0.3, 0.4) is 0 Å². The molecule has 0 saturated carbocycles. The number of hydrogen-bond donors (Lipinski definition) is 3. The third-order valence-electron chi connectivity index (χ3n) is 4.99. The summed E-state index contributed by atoms with van der Waals surface area (Å²) in [6.45, 7) is 4.16. The van der Waals surface area contributed by atoms with Gasteiger partial charge in [-0.2, -0.15) is 26.3 Å². The van der Waals surface area contributed by atoms with Crippen LogP contribution in [0.2, 0.25) is 0 Å². The normalized spacial score (nSPS) is 19.4. The van der Waals surface area contributed by atoms with Crippen molar-refractivity contribution in [1.82, 2.24) is 19.6 Å². The molecule has 3 N–H and O–H groups in total. The van der Waals surface area contributed by atoms with Crippen molar-refractivity contribution in [2.45, 2.75) is 57.0 Å². The number of fused-ring (bicyclic) bond motifs is 1. The smallest absolute Gasteiger partial charge is 0.475 e. The number of nitrogens with one attached hydrogen (secondary N) is 1. The van der Waals surface area contributed by atoms with Crippen molar-refractivity contribution >= 4 is 22.0 Å². The van der Waals surface area contributed by atoms with Crippen LogP contribution in [0.15, 0.2) is 6.33 Å². The first-order chi connectivity index (χ1) is 15.8. The monoisotopic (exact) mass is 538 g/mol. The summed E-state index contributed by atoms with van der Waals surface area (Å²) in [5.41, 5.74) is 3.50. The molecule has 0 bridgehead atoms. The van der Waals surface area contributed by atoms with Gasteiger partial charge in [-0.15, -0.1) is 0 Å². The molecule has 0 aliphatic carbocycles. The van der Waals surface area contributed by atoms with E-state index in [9.17, 15) is 34.8 Å². The third-order valence-corrected chi connectivity index (χ3v) is 6.29. The molecule has 10 nitrogen and oxygen atoms in total. The van der Waals surface area contributed by atoms with Crippen LogP contribution in [0.25, 0.3) is 0 Å².